The van der Waals surface area contributed by atoms with Crippen molar-refractivity contribution < 1.29 is 8.42 Å². The molecule has 0 atom stereocenters. The first-order valence-corrected chi connectivity index (χ1v) is 7.95. The van der Waals surface area contributed by atoms with Crippen molar-refractivity contribution in [1.29, 1.82) is 0 Å². The van der Waals surface area contributed by atoms with Crippen LogP contribution in [0.5, 0.6) is 0 Å². The Hall–Kier alpha value is -1.07. The van der Waals surface area contributed by atoms with E-state index in [0.29, 0.717) is 17.4 Å². The summed E-state index contributed by atoms with van der Waals surface area (Å²) in [6, 6.07) is 6.72. The first kappa shape index (κ1) is 16.0. The van der Waals surface area contributed by atoms with Gasteiger partial charge in [0, 0.05) is 19.3 Å². The number of rotatable bonds is 6. The molecule has 0 spiro atoms. The Bertz CT molecular complexity index is 505. The zero-order valence-corrected chi connectivity index (χ0v) is 13.1. The molecule has 0 radical (unpaired) electrons. The molecule has 1 aromatic rings. The van der Waals surface area contributed by atoms with Gasteiger partial charge in [0.15, 0.2) is 0 Å². The molecule has 0 aliphatic rings. The van der Waals surface area contributed by atoms with Crippen molar-refractivity contribution >= 4 is 15.7 Å². The Labute approximate surface area is 116 Å². The molecule has 108 valence electrons. The third kappa shape index (κ3) is 4.21. The van der Waals surface area contributed by atoms with Gasteiger partial charge in [0.2, 0.25) is 10.0 Å². The van der Waals surface area contributed by atoms with Gasteiger partial charge < -0.3 is 5.32 Å². The monoisotopic (exact) mass is 284 g/mol. The molecule has 0 aliphatic heterocycles. The molecule has 0 bridgehead atoms. The number of nitrogens with one attached hydrogen (secondary N) is 2. The minimum absolute atomic E-state index is 0.0714. The number of sulfonamides is 1. The van der Waals surface area contributed by atoms with Crippen molar-refractivity contribution in [2.75, 3.05) is 18.9 Å². The number of anilines is 1. The van der Waals surface area contributed by atoms with Gasteiger partial charge in [-0.05, 0) is 35.6 Å². The van der Waals surface area contributed by atoms with Crippen LogP contribution in [0.4, 0.5) is 5.69 Å². The molecule has 0 saturated heterocycles. The van der Waals surface area contributed by atoms with Crippen LogP contribution < -0.4 is 10.0 Å². The second-order valence-electron chi connectivity index (χ2n) is 5.74. The van der Waals surface area contributed by atoms with Gasteiger partial charge in [-0.2, -0.15) is 0 Å². The standard InChI is InChI=1S/C14H24N2O2S/c1-11(2)14(3,4)10-16-19(17,18)13-8-6-12(15-5)7-9-13/h6-9,11,15-16H,10H2,1-5H3. The molecule has 5 heteroatoms. The van der Waals surface area contributed by atoms with E-state index >= 15 is 0 Å². The van der Waals surface area contributed by atoms with E-state index in [1.54, 1.807) is 31.3 Å². The van der Waals surface area contributed by atoms with Crippen molar-refractivity contribution in [3.8, 4) is 0 Å². The molecule has 1 aromatic carbocycles. The highest BCUT2D eigenvalue weighted by atomic mass is 32.2. The van der Waals surface area contributed by atoms with Crippen LogP contribution in [0.2, 0.25) is 0 Å². The van der Waals surface area contributed by atoms with E-state index in [1.165, 1.54) is 0 Å². The summed E-state index contributed by atoms with van der Waals surface area (Å²) < 4.78 is 27.0. The number of hydrogen-bond donors (Lipinski definition) is 2. The lowest BCUT2D eigenvalue weighted by Gasteiger charge is -2.29. The number of hydrogen-bond acceptors (Lipinski definition) is 3. The highest BCUT2D eigenvalue weighted by Gasteiger charge is 2.25. The van der Waals surface area contributed by atoms with Crippen LogP contribution in [-0.2, 0) is 10.0 Å². The van der Waals surface area contributed by atoms with Gasteiger partial charge in [-0.3, -0.25) is 0 Å². The molecule has 0 aliphatic carbocycles. The Morgan fingerprint density at radius 2 is 1.68 bits per heavy atom. The first-order chi connectivity index (χ1) is 8.69. The van der Waals surface area contributed by atoms with Crippen LogP contribution in [0.25, 0.3) is 0 Å². The summed E-state index contributed by atoms with van der Waals surface area (Å²) in [5, 5.41) is 2.96. The molecule has 1 rings (SSSR count). The summed E-state index contributed by atoms with van der Waals surface area (Å²) in [6.07, 6.45) is 0. The fourth-order valence-electron chi connectivity index (χ4n) is 1.37. The van der Waals surface area contributed by atoms with E-state index in [9.17, 15) is 8.42 Å². The quantitative estimate of drug-likeness (QED) is 0.844. The van der Waals surface area contributed by atoms with E-state index in [1.807, 2.05) is 0 Å². The van der Waals surface area contributed by atoms with Crippen LogP contribution in [0.1, 0.15) is 27.7 Å². The van der Waals surface area contributed by atoms with Crippen LogP contribution in [0.15, 0.2) is 29.2 Å². The highest BCUT2D eigenvalue weighted by molar-refractivity contribution is 7.89. The first-order valence-electron chi connectivity index (χ1n) is 6.46. The van der Waals surface area contributed by atoms with Gasteiger partial charge in [-0.15, -0.1) is 0 Å². The predicted octanol–water partition coefficient (Wildman–Crippen LogP) is 2.69. The SMILES string of the molecule is CNc1ccc(S(=O)(=O)NCC(C)(C)C(C)C)cc1. The summed E-state index contributed by atoms with van der Waals surface area (Å²) >= 11 is 0. The Balaban J connectivity index is 2.81. The molecule has 2 N–H and O–H groups in total. The molecular formula is C14H24N2O2S. The van der Waals surface area contributed by atoms with Crippen molar-refractivity contribution in [2.45, 2.75) is 32.6 Å². The predicted molar refractivity (Wildman–Crippen MR) is 79.8 cm³/mol. The Kier molecular flexibility index (Phi) is 4.98. The van der Waals surface area contributed by atoms with Gasteiger partial charge in [0.05, 0.1) is 4.90 Å². The molecular weight excluding hydrogens is 260 g/mol. The normalized spacial score (nSPS) is 12.7. The number of benzene rings is 1. The third-order valence-electron chi connectivity index (χ3n) is 3.73. The second kappa shape index (κ2) is 5.92. The molecule has 0 fully saturated rings. The van der Waals surface area contributed by atoms with Gasteiger partial charge in [-0.25, -0.2) is 13.1 Å². The minimum atomic E-state index is -3.43. The van der Waals surface area contributed by atoms with Gasteiger partial charge in [0.1, 0.15) is 0 Å². The molecule has 0 unspecified atom stereocenters. The fraction of sp³-hybridized carbons (Fsp3) is 0.571. The largest absolute Gasteiger partial charge is 0.388 e. The summed E-state index contributed by atoms with van der Waals surface area (Å²) in [5.41, 5.74) is 0.819. The van der Waals surface area contributed by atoms with Crippen molar-refractivity contribution in [2.24, 2.45) is 11.3 Å². The lowest BCUT2D eigenvalue weighted by atomic mass is 9.81. The Morgan fingerprint density at radius 1 is 1.16 bits per heavy atom. The van der Waals surface area contributed by atoms with Gasteiger partial charge in [0.25, 0.3) is 0 Å². The maximum absolute atomic E-state index is 12.2. The lowest BCUT2D eigenvalue weighted by Crippen LogP contribution is -2.36. The zero-order chi connectivity index (χ0) is 14.7. The molecule has 19 heavy (non-hydrogen) atoms. The fourth-order valence-corrected chi connectivity index (χ4v) is 2.59. The zero-order valence-electron chi connectivity index (χ0n) is 12.3. The molecule has 0 heterocycles. The molecule has 4 nitrogen and oxygen atoms in total. The average molecular weight is 284 g/mol. The highest BCUT2D eigenvalue weighted by Crippen LogP contribution is 2.25. The summed E-state index contributed by atoms with van der Waals surface area (Å²) in [5.74, 6) is 0.405. The van der Waals surface area contributed by atoms with Gasteiger partial charge >= 0.3 is 0 Å². The second-order valence-corrected chi connectivity index (χ2v) is 7.51. The van der Waals surface area contributed by atoms with E-state index in [2.05, 4.69) is 37.7 Å². The van der Waals surface area contributed by atoms with Crippen LogP contribution in [0.3, 0.4) is 0 Å². The smallest absolute Gasteiger partial charge is 0.240 e. The topological polar surface area (TPSA) is 58.2 Å². The summed E-state index contributed by atoms with van der Waals surface area (Å²) in [4.78, 5) is 0.297. The van der Waals surface area contributed by atoms with E-state index in [4.69, 9.17) is 0 Å². The average Bonchev–Trinajstić information content (AvgIpc) is 2.36. The molecule has 0 amide bonds. The lowest BCUT2D eigenvalue weighted by molar-refractivity contribution is 0.252. The van der Waals surface area contributed by atoms with Crippen molar-refractivity contribution in [1.82, 2.24) is 4.72 Å². The van der Waals surface area contributed by atoms with Crippen molar-refractivity contribution in [3.63, 3.8) is 0 Å². The third-order valence-corrected chi connectivity index (χ3v) is 5.15. The summed E-state index contributed by atoms with van der Waals surface area (Å²) in [6.45, 7) is 8.74. The van der Waals surface area contributed by atoms with E-state index < -0.39 is 10.0 Å². The van der Waals surface area contributed by atoms with E-state index in [-0.39, 0.29) is 5.41 Å². The summed E-state index contributed by atoms with van der Waals surface area (Å²) in [7, 11) is -1.63. The maximum Gasteiger partial charge on any atom is 0.240 e. The molecule has 0 aromatic heterocycles. The van der Waals surface area contributed by atoms with E-state index in [0.717, 1.165) is 5.69 Å². The van der Waals surface area contributed by atoms with Crippen LogP contribution in [-0.4, -0.2) is 22.0 Å². The van der Waals surface area contributed by atoms with Crippen LogP contribution in [0, 0.1) is 11.3 Å². The Morgan fingerprint density at radius 3 is 2.11 bits per heavy atom. The van der Waals surface area contributed by atoms with Gasteiger partial charge in [-0.1, -0.05) is 27.7 Å². The maximum atomic E-state index is 12.2. The van der Waals surface area contributed by atoms with Crippen molar-refractivity contribution in [3.05, 3.63) is 24.3 Å². The molecule has 0 saturated carbocycles. The van der Waals surface area contributed by atoms with Crippen LogP contribution >= 0.6 is 0 Å². The minimum Gasteiger partial charge on any atom is -0.388 e.